The first-order valence-corrected chi connectivity index (χ1v) is 7.21. The molecule has 0 amide bonds. The number of rotatable bonds is 5. The van der Waals surface area contributed by atoms with Gasteiger partial charge in [0.2, 0.25) is 0 Å². The normalized spacial score (nSPS) is 10.8. The van der Waals surface area contributed by atoms with E-state index in [1.807, 2.05) is 0 Å². The summed E-state index contributed by atoms with van der Waals surface area (Å²) in [6.07, 6.45) is 0.245. The second-order valence-electron chi connectivity index (χ2n) is 4.81. The third kappa shape index (κ3) is 3.54. The predicted molar refractivity (Wildman–Crippen MR) is 82.7 cm³/mol. The molecule has 0 saturated heterocycles. The van der Waals surface area contributed by atoms with Gasteiger partial charge in [-0.3, -0.25) is 10.6 Å². The van der Waals surface area contributed by atoms with E-state index in [1.165, 1.54) is 16.9 Å². The van der Waals surface area contributed by atoms with Crippen molar-refractivity contribution in [3.8, 4) is 0 Å². The highest BCUT2D eigenvalue weighted by atomic mass is 35.5. The van der Waals surface area contributed by atoms with E-state index < -0.39 is 11.7 Å². The second-order valence-corrected chi connectivity index (χ2v) is 5.22. The van der Waals surface area contributed by atoms with Gasteiger partial charge in [0.15, 0.2) is 11.5 Å². The number of halogens is 2. The number of nitrogen functional groups attached to an aromatic ring is 1. The summed E-state index contributed by atoms with van der Waals surface area (Å²) in [5, 5.41) is 36.8. The largest absolute Gasteiger partial charge is 0.365 e. The van der Waals surface area contributed by atoms with E-state index in [0.717, 1.165) is 6.07 Å². The molecule has 11 nitrogen and oxygen atoms in total. The third-order valence-corrected chi connectivity index (χ3v) is 3.45. The number of tetrazole rings is 1. The molecule has 0 bridgehead atoms. The standard InChI is InChI=1S/C12H11ClFN9O2/c13-7-5-6(1-2-8(7)14)23(24)11(15)10-9(19-25-20-10)3-4-22-18-12(16)17-21-22/h1-2,5,15,24H,3-4H2,(H2,16,18). The zero-order valence-corrected chi connectivity index (χ0v) is 13.2. The topological polar surface area (TPSA) is 156 Å². The van der Waals surface area contributed by atoms with Gasteiger partial charge in [0, 0.05) is 6.42 Å². The molecule has 0 aliphatic rings. The summed E-state index contributed by atoms with van der Waals surface area (Å²) in [5.41, 5.74) is 5.73. The van der Waals surface area contributed by atoms with Crippen molar-refractivity contribution in [3.05, 3.63) is 40.4 Å². The molecule has 2 aromatic heterocycles. The van der Waals surface area contributed by atoms with Crippen molar-refractivity contribution < 1.29 is 14.2 Å². The number of nitrogens with one attached hydrogen (secondary N) is 1. The third-order valence-electron chi connectivity index (χ3n) is 3.16. The van der Waals surface area contributed by atoms with Gasteiger partial charge in [0.05, 0.1) is 17.3 Å². The molecular formula is C12H11ClFN9O2. The van der Waals surface area contributed by atoms with Crippen molar-refractivity contribution in [2.45, 2.75) is 13.0 Å². The number of benzene rings is 1. The molecule has 0 aliphatic carbocycles. The lowest BCUT2D eigenvalue weighted by Gasteiger charge is -2.16. The van der Waals surface area contributed by atoms with Crippen LogP contribution in [0.4, 0.5) is 16.0 Å². The first kappa shape index (κ1) is 16.7. The van der Waals surface area contributed by atoms with Crippen LogP contribution in [0.3, 0.4) is 0 Å². The van der Waals surface area contributed by atoms with Crippen LogP contribution >= 0.6 is 11.6 Å². The first-order chi connectivity index (χ1) is 12.0. The Kier molecular flexibility index (Phi) is 4.54. The van der Waals surface area contributed by atoms with Crippen molar-refractivity contribution in [1.29, 1.82) is 5.41 Å². The zero-order chi connectivity index (χ0) is 18.0. The number of hydroxylamine groups is 1. The molecule has 13 heteroatoms. The Hall–Kier alpha value is -3.12. The van der Waals surface area contributed by atoms with Gasteiger partial charge in [0.25, 0.3) is 5.95 Å². The quantitative estimate of drug-likeness (QED) is 0.338. The number of aromatic nitrogens is 6. The van der Waals surface area contributed by atoms with Gasteiger partial charge in [-0.15, -0.1) is 5.10 Å². The molecule has 3 rings (SSSR count). The number of anilines is 2. The molecule has 0 radical (unpaired) electrons. The highest BCUT2D eigenvalue weighted by Gasteiger charge is 2.21. The van der Waals surface area contributed by atoms with Gasteiger partial charge in [-0.1, -0.05) is 21.9 Å². The fourth-order valence-corrected chi connectivity index (χ4v) is 2.13. The fourth-order valence-electron chi connectivity index (χ4n) is 1.95. The molecular weight excluding hydrogens is 357 g/mol. The number of nitrogens with zero attached hydrogens (tertiary/aromatic N) is 7. The van der Waals surface area contributed by atoms with E-state index in [-0.39, 0.29) is 41.0 Å². The summed E-state index contributed by atoms with van der Waals surface area (Å²) in [6, 6.07) is 3.49. The predicted octanol–water partition coefficient (Wildman–Crippen LogP) is 0.895. The van der Waals surface area contributed by atoms with Gasteiger partial charge in [-0.2, -0.15) is 4.80 Å². The zero-order valence-electron chi connectivity index (χ0n) is 12.5. The van der Waals surface area contributed by atoms with E-state index in [0.29, 0.717) is 5.06 Å². The van der Waals surface area contributed by atoms with Crippen LogP contribution in [0.1, 0.15) is 11.4 Å². The summed E-state index contributed by atoms with van der Waals surface area (Å²) in [6.45, 7) is 0.256. The van der Waals surface area contributed by atoms with Gasteiger partial charge in [-0.05, 0) is 28.6 Å². The van der Waals surface area contributed by atoms with Crippen LogP contribution in [0.25, 0.3) is 0 Å². The molecule has 25 heavy (non-hydrogen) atoms. The van der Waals surface area contributed by atoms with E-state index in [4.69, 9.17) is 22.7 Å². The maximum Gasteiger partial charge on any atom is 0.260 e. The van der Waals surface area contributed by atoms with E-state index >= 15 is 0 Å². The summed E-state index contributed by atoms with van der Waals surface area (Å²) >= 11 is 5.68. The lowest BCUT2D eigenvalue weighted by Crippen LogP contribution is -2.28. The van der Waals surface area contributed by atoms with E-state index in [9.17, 15) is 9.60 Å². The Bertz CT molecular complexity index is 912. The second kappa shape index (κ2) is 6.78. The molecule has 0 saturated carbocycles. The van der Waals surface area contributed by atoms with Crippen molar-refractivity contribution in [2.24, 2.45) is 0 Å². The minimum Gasteiger partial charge on any atom is -0.365 e. The van der Waals surface area contributed by atoms with Crippen LogP contribution < -0.4 is 10.8 Å². The lowest BCUT2D eigenvalue weighted by atomic mass is 10.2. The monoisotopic (exact) mass is 367 g/mol. The van der Waals surface area contributed by atoms with Gasteiger partial charge in [-0.25, -0.2) is 14.1 Å². The summed E-state index contributed by atoms with van der Waals surface area (Å²) in [5.74, 6) is -1.04. The number of aryl methyl sites for hydroxylation is 2. The number of hydrogen-bond acceptors (Lipinski definition) is 9. The fraction of sp³-hybridized carbons (Fsp3) is 0.167. The Labute approximate surface area is 144 Å². The lowest BCUT2D eigenvalue weighted by molar-refractivity contribution is 0.297. The van der Waals surface area contributed by atoms with Gasteiger partial charge >= 0.3 is 0 Å². The maximum absolute atomic E-state index is 13.2. The number of nitrogens with two attached hydrogens (primary N) is 1. The number of hydrogen-bond donors (Lipinski definition) is 3. The molecule has 0 atom stereocenters. The van der Waals surface area contributed by atoms with Crippen molar-refractivity contribution >= 4 is 29.1 Å². The van der Waals surface area contributed by atoms with Crippen LogP contribution in [0, 0.1) is 11.2 Å². The SMILES string of the molecule is N=C(c1nonc1CCn1nnc(N)n1)N(O)c1ccc(F)c(Cl)c1. The first-order valence-electron chi connectivity index (χ1n) is 6.83. The summed E-state index contributed by atoms with van der Waals surface area (Å²) in [4.78, 5) is 1.24. The highest BCUT2D eigenvalue weighted by Crippen LogP contribution is 2.23. The van der Waals surface area contributed by atoms with Crippen LogP contribution in [-0.2, 0) is 13.0 Å². The van der Waals surface area contributed by atoms with E-state index in [1.54, 1.807) is 0 Å². The molecule has 3 aromatic rings. The Balaban J connectivity index is 1.76. The number of amidine groups is 1. The molecule has 2 heterocycles. The average molecular weight is 368 g/mol. The molecule has 130 valence electrons. The van der Waals surface area contributed by atoms with E-state index in [2.05, 4.69) is 30.4 Å². The Morgan fingerprint density at radius 3 is 2.92 bits per heavy atom. The molecule has 1 aromatic carbocycles. The molecule has 0 unspecified atom stereocenters. The smallest absolute Gasteiger partial charge is 0.260 e. The van der Waals surface area contributed by atoms with Crippen molar-refractivity contribution in [3.63, 3.8) is 0 Å². The molecule has 0 spiro atoms. The van der Waals surface area contributed by atoms with Crippen molar-refractivity contribution in [2.75, 3.05) is 10.8 Å². The minimum atomic E-state index is -0.645. The van der Waals surface area contributed by atoms with Crippen LogP contribution in [0.2, 0.25) is 5.02 Å². The van der Waals surface area contributed by atoms with Crippen LogP contribution in [0.5, 0.6) is 0 Å². The van der Waals surface area contributed by atoms with Crippen LogP contribution in [-0.4, -0.2) is 41.6 Å². The maximum atomic E-state index is 13.2. The Morgan fingerprint density at radius 2 is 2.24 bits per heavy atom. The molecule has 0 aliphatic heterocycles. The summed E-state index contributed by atoms with van der Waals surface area (Å²) in [7, 11) is 0. The molecule has 4 N–H and O–H groups in total. The molecule has 0 fully saturated rings. The average Bonchev–Trinajstić information content (AvgIpc) is 3.22. The minimum absolute atomic E-state index is 0.00367. The van der Waals surface area contributed by atoms with Gasteiger partial charge < -0.3 is 5.73 Å². The van der Waals surface area contributed by atoms with Crippen LogP contribution in [0.15, 0.2) is 22.8 Å². The summed E-state index contributed by atoms with van der Waals surface area (Å²) < 4.78 is 17.8. The van der Waals surface area contributed by atoms with Crippen molar-refractivity contribution in [1.82, 2.24) is 30.5 Å². The highest BCUT2D eigenvalue weighted by molar-refractivity contribution is 6.31. The van der Waals surface area contributed by atoms with Gasteiger partial charge in [0.1, 0.15) is 11.5 Å². The Morgan fingerprint density at radius 1 is 1.44 bits per heavy atom.